The fourth-order valence-electron chi connectivity index (χ4n) is 1.90. The number of methoxy groups -OCH3 is 1. The minimum absolute atomic E-state index is 0.0871. The minimum atomic E-state index is -0.951. The summed E-state index contributed by atoms with van der Waals surface area (Å²) in [6.07, 6.45) is -0.397. The molecule has 2 atom stereocenters. The number of ether oxygens (including phenoxy) is 1. The van der Waals surface area contributed by atoms with Crippen molar-refractivity contribution in [1.82, 2.24) is 10.6 Å². The lowest BCUT2D eigenvalue weighted by Gasteiger charge is -2.24. The van der Waals surface area contributed by atoms with E-state index in [1.165, 1.54) is 0 Å². The van der Waals surface area contributed by atoms with Gasteiger partial charge in [0.2, 0.25) is 0 Å². The van der Waals surface area contributed by atoms with Crippen molar-refractivity contribution in [3.8, 4) is 0 Å². The monoisotopic (exact) mass is 358 g/mol. The van der Waals surface area contributed by atoms with Crippen LogP contribution < -0.4 is 10.6 Å². The highest BCUT2D eigenvalue weighted by Gasteiger charge is 2.20. The van der Waals surface area contributed by atoms with Gasteiger partial charge in [-0.2, -0.15) is 0 Å². The summed E-state index contributed by atoms with van der Waals surface area (Å²) >= 11 is 3.37. The first-order valence-electron chi connectivity index (χ1n) is 6.48. The lowest BCUT2D eigenvalue weighted by Crippen LogP contribution is -2.44. The van der Waals surface area contributed by atoms with Crippen LogP contribution in [0.1, 0.15) is 25.0 Å². The first-order valence-corrected chi connectivity index (χ1v) is 7.27. The van der Waals surface area contributed by atoms with Crippen molar-refractivity contribution in [3.05, 3.63) is 34.3 Å². The van der Waals surface area contributed by atoms with Crippen LogP contribution in [0.2, 0.25) is 0 Å². The third-order valence-corrected chi connectivity index (χ3v) is 3.42. The zero-order chi connectivity index (χ0) is 15.8. The molecule has 1 aromatic rings. The SMILES string of the molecule is COC(c1ccc(Br)cc1)C(C)NC(=O)NCCC(=O)O. The standard InChI is InChI=1S/C14H19BrN2O4/c1-9(17-14(20)16-8-7-12(18)19)13(21-2)10-3-5-11(15)6-4-10/h3-6,9,13H,7-8H2,1-2H3,(H,18,19)(H2,16,17,20). The molecule has 1 rings (SSSR count). The van der Waals surface area contributed by atoms with E-state index in [9.17, 15) is 9.59 Å². The van der Waals surface area contributed by atoms with Gasteiger partial charge in [0.1, 0.15) is 6.10 Å². The largest absolute Gasteiger partial charge is 0.481 e. The van der Waals surface area contributed by atoms with Crippen LogP contribution in [0.25, 0.3) is 0 Å². The summed E-state index contributed by atoms with van der Waals surface area (Å²) in [5.41, 5.74) is 0.944. The van der Waals surface area contributed by atoms with Crippen LogP contribution in [0.4, 0.5) is 4.79 Å². The number of halogens is 1. The number of hydrogen-bond donors (Lipinski definition) is 3. The zero-order valence-electron chi connectivity index (χ0n) is 11.9. The average Bonchev–Trinajstić information content (AvgIpc) is 2.41. The lowest BCUT2D eigenvalue weighted by molar-refractivity contribution is -0.136. The summed E-state index contributed by atoms with van der Waals surface area (Å²) in [7, 11) is 1.58. The first-order chi connectivity index (χ1) is 9.93. The van der Waals surface area contributed by atoms with E-state index in [0.29, 0.717) is 0 Å². The highest BCUT2D eigenvalue weighted by Crippen LogP contribution is 2.22. The minimum Gasteiger partial charge on any atom is -0.481 e. The average molecular weight is 359 g/mol. The third-order valence-electron chi connectivity index (χ3n) is 2.89. The Bertz CT molecular complexity index is 478. The second-order valence-corrected chi connectivity index (χ2v) is 5.46. The van der Waals surface area contributed by atoms with E-state index in [1.54, 1.807) is 7.11 Å². The number of nitrogens with one attached hydrogen (secondary N) is 2. The van der Waals surface area contributed by atoms with Crippen LogP contribution in [-0.2, 0) is 9.53 Å². The van der Waals surface area contributed by atoms with Gasteiger partial charge in [-0.15, -0.1) is 0 Å². The molecule has 0 radical (unpaired) electrons. The van der Waals surface area contributed by atoms with Gasteiger partial charge in [0.05, 0.1) is 12.5 Å². The number of carboxylic acid groups (broad SMARTS) is 1. The zero-order valence-corrected chi connectivity index (χ0v) is 13.5. The molecule has 2 unspecified atom stereocenters. The Labute approximate surface area is 132 Å². The molecule has 0 aliphatic heterocycles. The molecule has 0 aliphatic carbocycles. The van der Waals surface area contributed by atoms with Crippen LogP contribution >= 0.6 is 15.9 Å². The number of urea groups is 1. The Kier molecular flexibility index (Phi) is 7.18. The van der Waals surface area contributed by atoms with E-state index < -0.39 is 12.0 Å². The third kappa shape index (κ3) is 6.14. The molecule has 0 fully saturated rings. The van der Waals surface area contributed by atoms with E-state index in [-0.39, 0.29) is 25.1 Å². The molecule has 0 aromatic heterocycles. The Morgan fingerprint density at radius 2 is 1.95 bits per heavy atom. The first kappa shape index (κ1) is 17.5. The Balaban J connectivity index is 2.54. The summed E-state index contributed by atoms with van der Waals surface area (Å²) in [6, 6.07) is 6.96. The van der Waals surface area contributed by atoms with Gasteiger partial charge < -0.3 is 20.5 Å². The smallest absolute Gasteiger partial charge is 0.315 e. The summed E-state index contributed by atoms with van der Waals surface area (Å²) in [5, 5.41) is 13.7. The molecule has 1 aromatic carbocycles. The van der Waals surface area contributed by atoms with E-state index >= 15 is 0 Å². The molecule has 7 heteroatoms. The molecule has 0 aliphatic rings. The van der Waals surface area contributed by atoms with Gasteiger partial charge in [0.25, 0.3) is 0 Å². The molecule has 21 heavy (non-hydrogen) atoms. The second-order valence-electron chi connectivity index (χ2n) is 4.54. The van der Waals surface area contributed by atoms with Crippen molar-refractivity contribution >= 4 is 27.9 Å². The van der Waals surface area contributed by atoms with Gasteiger partial charge in [0, 0.05) is 18.1 Å². The Hall–Kier alpha value is -1.60. The summed E-state index contributed by atoms with van der Waals surface area (Å²) in [4.78, 5) is 22.0. The highest BCUT2D eigenvalue weighted by molar-refractivity contribution is 9.10. The van der Waals surface area contributed by atoms with E-state index in [2.05, 4.69) is 26.6 Å². The molecule has 0 spiro atoms. The molecular weight excluding hydrogens is 340 g/mol. The number of rotatable bonds is 7. The predicted molar refractivity (Wildman–Crippen MR) is 82.1 cm³/mol. The van der Waals surface area contributed by atoms with Crippen molar-refractivity contribution in [1.29, 1.82) is 0 Å². The van der Waals surface area contributed by atoms with Gasteiger partial charge >= 0.3 is 12.0 Å². The molecule has 2 amide bonds. The van der Waals surface area contributed by atoms with Crippen LogP contribution in [-0.4, -0.2) is 36.8 Å². The molecule has 0 saturated heterocycles. The summed E-state index contributed by atoms with van der Waals surface area (Å²) in [5.74, 6) is -0.951. The molecule has 0 saturated carbocycles. The summed E-state index contributed by atoms with van der Waals surface area (Å²) < 4.78 is 6.40. The number of aliphatic carboxylic acids is 1. The van der Waals surface area contributed by atoms with Crippen molar-refractivity contribution in [2.24, 2.45) is 0 Å². The maximum atomic E-state index is 11.7. The maximum absolute atomic E-state index is 11.7. The fraction of sp³-hybridized carbons (Fsp3) is 0.429. The lowest BCUT2D eigenvalue weighted by atomic mass is 10.0. The number of carboxylic acids is 1. The van der Waals surface area contributed by atoms with E-state index in [1.807, 2.05) is 31.2 Å². The van der Waals surface area contributed by atoms with Crippen LogP contribution in [0, 0.1) is 0 Å². The number of carbonyl (C=O) groups excluding carboxylic acids is 1. The molecule has 6 nitrogen and oxygen atoms in total. The number of hydrogen-bond acceptors (Lipinski definition) is 3. The topological polar surface area (TPSA) is 87.7 Å². The number of amides is 2. The molecule has 0 heterocycles. The molecular formula is C14H19BrN2O4. The molecule has 116 valence electrons. The van der Waals surface area contributed by atoms with Crippen molar-refractivity contribution in [2.45, 2.75) is 25.5 Å². The number of carbonyl (C=O) groups is 2. The number of benzene rings is 1. The normalized spacial score (nSPS) is 13.3. The van der Waals surface area contributed by atoms with Crippen LogP contribution in [0.5, 0.6) is 0 Å². The predicted octanol–water partition coefficient (Wildman–Crippen LogP) is 2.30. The maximum Gasteiger partial charge on any atom is 0.315 e. The van der Waals surface area contributed by atoms with Crippen molar-refractivity contribution in [3.63, 3.8) is 0 Å². The van der Waals surface area contributed by atoms with Gasteiger partial charge in [-0.25, -0.2) is 4.79 Å². The van der Waals surface area contributed by atoms with Gasteiger partial charge in [-0.1, -0.05) is 28.1 Å². The van der Waals surface area contributed by atoms with E-state index in [0.717, 1.165) is 10.0 Å². The van der Waals surface area contributed by atoms with E-state index in [4.69, 9.17) is 9.84 Å². The van der Waals surface area contributed by atoms with Crippen molar-refractivity contribution < 1.29 is 19.4 Å². The van der Waals surface area contributed by atoms with Gasteiger partial charge in [0.15, 0.2) is 0 Å². The van der Waals surface area contributed by atoms with Crippen LogP contribution in [0.15, 0.2) is 28.7 Å². The van der Waals surface area contributed by atoms with Crippen molar-refractivity contribution in [2.75, 3.05) is 13.7 Å². The highest BCUT2D eigenvalue weighted by atomic mass is 79.9. The fourth-order valence-corrected chi connectivity index (χ4v) is 2.16. The Morgan fingerprint density at radius 1 is 1.33 bits per heavy atom. The second kappa shape index (κ2) is 8.63. The van der Waals surface area contributed by atoms with Gasteiger partial charge in [-0.05, 0) is 24.6 Å². The summed E-state index contributed by atoms with van der Waals surface area (Å²) in [6.45, 7) is 1.91. The molecule has 0 bridgehead atoms. The Morgan fingerprint density at radius 3 is 2.48 bits per heavy atom. The quantitative estimate of drug-likeness (QED) is 0.697. The van der Waals surface area contributed by atoms with Gasteiger partial charge in [-0.3, -0.25) is 4.79 Å². The molecule has 3 N–H and O–H groups in total. The van der Waals surface area contributed by atoms with Crippen LogP contribution in [0.3, 0.4) is 0 Å².